The van der Waals surface area contributed by atoms with Crippen molar-refractivity contribution in [1.29, 1.82) is 0 Å². The predicted octanol–water partition coefficient (Wildman–Crippen LogP) is 1.42. The molecular weight excluding hydrogens is 190 g/mol. The standard InChI is InChI=1S/C9H15NO2.ClH/c11-8(12)7-5-9(10-6-7)3-1-2-4-9;/h7,10H,1-6H2,(H,11,12);1H. The van der Waals surface area contributed by atoms with Crippen molar-refractivity contribution in [3.63, 3.8) is 0 Å². The Labute approximate surface area is 84.3 Å². The largest absolute Gasteiger partial charge is 0.481 e. The molecule has 1 saturated carbocycles. The first-order chi connectivity index (χ1) is 5.72. The average molecular weight is 206 g/mol. The normalized spacial score (nSPS) is 30.3. The molecule has 0 aromatic carbocycles. The fourth-order valence-corrected chi connectivity index (χ4v) is 2.56. The van der Waals surface area contributed by atoms with Crippen LogP contribution in [-0.4, -0.2) is 23.2 Å². The molecule has 0 bridgehead atoms. The second-order valence-electron chi connectivity index (χ2n) is 4.11. The highest BCUT2D eigenvalue weighted by molar-refractivity contribution is 5.85. The van der Waals surface area contributed by atoms with Crippen LogP contribution in [0.5, 0.6) is 0 Å². The van der Waals surface area contributed by atoms with Crippen molar-refractivity contribution in [2.75, 3.05) is 6.54 Å². The molecule has 1 heterocycles. The molecule has 2 rings (SSSR count). The molecule has 0 radical (unpaired) electrons. The van der Waals surface area contributed by atoms with Gasteiger partial charge >= 0.3 is 5.97 Å². The maximum absolute atomic E-state index is 10.7. The van der Waals surface area contributed by atoms with Crippen molar-refractivity contribution in [2.45, 2.75) is 37.6 Å². The number of hydrogen-bond donors (Lipinski definition) is 2. The number of carbonyl (C=O) groups is 1. The Hall–Kier alpha value is -0.280. The van der Waals surface area contributed by atoms with Crippen LogP contribution >= 0.6 is 12.4 Å². The monoisotopic (exact) mass is 205 g/mol. The van der Waals surface area contributed by atoms with Crippen molar-refractivity contribution < 1.29 is 9.90 Å². The smallest absolute Gasteiger partial charge is 0.307 e. The molecule has 13 heavy (non-hydrogen) atoms. The van der Waals surface area contributed by atoms with Crippen LogP contribution in [0.3, 0.4) is 0 Å². The van der Waals surface area contributed by atoms with Gasteiger partial charge < -0.3 is 10.4 Å². The van der Waals surface area contributed by atoms with Crippen LogP contribution in [0.4, 0.5) is 0 Å². The third kappa shape index (κ3) is 1.97. The second kappa shape index (κ2) is 3.84. The van der Waals surface area contributed by atoms with Gasteiger partial charge in [-0.25, -0.2) is 0 Å². The van der Waals surface area contributed by atoms with Crippen LogP contribution in [0.2, 0.25) is 0 Å². The highest BCUT2D eigenvalue weighted by Gasteiger charge is 2.42. The molecule has 2 fully saturated rings. The van der Waals surface area contributed by atoms with E-state index in [1.54, 1.807) is 0 Å². The van der Waals surface area contributed by atoms with Gasteiger partial charge in [-0.1, -0.05) is 12.8 Å². The molecule has 4 heteroatoms. The fourth-order valence-electron chi connectivity index (χ4n) is 2.56. The van der Waals surface area contributed by atoms with E-state index in [9.17, 15) is 4.79 Å². The van der Waals surface area contributed by atoms with Crippen molar-refractivity contribution >= 4 is 18.4 Å². The summed E-state index contributed by atoms with van der Waals surface area (Å²) in [4.78, 5) is 10.7. The molecule has 1 atom stereocenters. The highest BCUT2D eigenvalue weighted by atomic mass is 35.5. The van der Waals surface area contributed by atoms with Crippen LogP contribution in [0.15, 0.2) is 0 Å². The van der Waals surface area contributed by atoms with Crippen LogP contribution in [0.1, 0.15) is 32.1 Å². The fraction of sp³-hybridized carbons (Fsp3) is 0.889. The number of carboxylic acids is 1. The predicted molar refractivity (Wildman–Crippen MR) is 52.2 cm³/mol. The number of nitrogens with one attached hydrogen (secondary N) is 1. The number of carboxylic acid groups (broad SMARTS) is 1. The SMILES string of the molecule is Cl.O=C(O)C1CNC2(CCCC2)C1. The lowest BCUT2D eigenvalue weighted by atomic mass is 9.91. The Bertz CT molecular complexity index is 202. The molecule has 3 nitrogen and oxygen atoms in total. The van der Waals surface area contributed by atoms with Gasteiger partial charge in [0.1, 0.15) is 0 Å². The van der Waals surface area contributed by atoms with Gasteiger partial charge in [0.15, 0.2) is 0 Å². The van der Waals surface area contributed by atoms with Gasteiger partial charge in [-0.2, -0.15) is 0 Å². The van der Waals surface area contributed by atoms with Crippen molar-refractivity contribution in [1.82, 2.24) is 5.32 Å². The van der Waals surface area contributed by atoms with E-state index >= 15 is 0 Å². The molecular formula is C9H16ClNO2. The summed E-state index contributed by atoms with van der Waals surface area (Å²) < 4.78 is 0. The van der Waals surface area contributed by atoms with Crippen molar-refractivity contribution in [3.8, 4) is 0 Å². The van der Waals surface area contributed by atoms with Gasteiger partial charge in [0.05, 0.1) is 5.92 Å². The van der Waals surface area contributed by atoms with E-state index in [0.717, 1.165) is 6.42 Å². The van der Waals surface area contributed by atoms with Crippen LogP contribution in [0, 0.1) is 5.92 Å². The Morgan fingerprint density at radius 3 is 2.46 bits per heavy atom. The zero-order valence-electron chi connectivity index (χ0n) is 7.58. The number of rotatable bonds is 1. The molecule has 2 N–H and O–H groups in total. The lowest BCUT2D eigenvalue weighted by Gasteiger charge is -2.22. The summed E-state index contributed by atoms with van der Waals surface area (Å²) in [7, 11) is 0. The molecule has 0 aromatic heterocycles. The average Bonchev–Trinajstić information content (AvgIpc) is 2.62. The molecule has 76 valence electrons. The zero-order chi connectivity index (χ0) is 8.60. The van der Waals surface area contributed by atoms with Crippen LogP contribution in [-0.2, 0) is 4.79 Å². The maximum Gasteiger partial charge on any atom is 0.307 e. The van der Waals surface area contributed by atoms with Gasteiger partial charge in [0.2, 0.25) is 0 Å². The minimum atomic E-state index is -0.633. The summed E-state index contributed by atoms with van der Waals surface area (Å²) in [6, 6.07) is 0. The van der Waals surface area contributed by atoms with Crippen LogP contribution < -0.4 is 5.32 Å². The van der Waals surface area contributed by atoms with E-state index in [-0.39, 0.29) is 23.9 Å². The van der Waals surface area contributed by atoms with E-state index in [0.29, 0.717) is 6.54 Å². The Balaban J connectivity index is 0.000000845. The zero-order valence-corrected chi connectivity index (χ0v) is 8.40. The number of aliphatic carboxylic acids is 1. The maximum atomic E-state index is 10.7. The van der Waals surface area contributed by atoms with E-state index in [2.05, 4.69) is 5.32 Å². The Kier molecular flexibility index (Phi) is 3.19. The van der Waals surface area contributed by atoms with Gasteiger partial charge in [0.25, 0.3) is 0 Å². The molecule has 0 amide bonds. The molecule has 1 spiro atoms. The second-order valence-corrected chi connectivity index (χ2v) is 4.11. The van der Waals surface area contributed by atoms with Gasteiger partial charge in [-0.05, 0) is 19.3 Å². The molecule has 0 aromatic rings. The number of halogens is 1. The van der Waals surface area contributed by atoms with Gasteiger partial charge in [-0.3, -0.25) is 4.79 Å². The first kappa shape index (κ1) is 10.8. The van der Waals surface area contributed by atoms with Crippen molar-refractivity contribution in [3.05, 3.63) is 0 Å². The topological polar surface area (TPSA) is 49.3 Å². The Morgan fingerprint density at radius 2 is 2.00 bits per heavy atom. The lowest BCUT2D eigenvalue weighted by molar-refractivity contribution is -0.141. The molecule has 2 aliphatic rings. The van der Waals surface area contributed by atoms with E-state index in [1.807, 2.05) is 0 Å². The molecule has 1 aliphatic heterocycles. The highest BCUT2D eigenvalue weighted by Crippen LogP contribution is 2.38. The molecule has 1 saturated heterocycles. The van der Waals surface area contributed by atoms with E-state index in [4.69, 9.17) is 5.11 Å². The lowest BCUT2D eigenvalue weighted by Crippen LogP contribution is -2.35. The number of hydrogen-bond acceptors (Lipinski definition) is 2. The summed E-state index contributed by atoms with van der Waals surface area (Å²) in [5.74, 6) is -0.769. The summed E-state index contributed by atoms with van der Waals surface area (Å²) >= 11 is 0. The molecule has 1 aliphatic carbocycles. The van der Waals surface area contributed by atoms with E-state index in [1.165, 1.54) is 25.7 Å². The molecule has 1 unspecified atom stereocenters. The summed E-state index contributed by atoms with van der Waals surface area (Å²) in [6.45, 7) is 0.676. The minimum absolute atomic E-state index is 0. The third-order valence-electron chi connectivity index (χ3n) is 3.27. The quantitative estimate of drug-likeness (QED) is 0.681. The first-order valence-electron chi connectivity index (χ1n) is 4.70. The summed E-state index contributed by atoms with van der Waals surface area (Å²) in [6.07, 6.45) is 5.73. The third-order valence-corrected chi connectivity index (χ3v) is 3.27. The van der Waals surface area contributed by atoms with Crippen molar-refractivity contribution in [2.24, 2.45) is 5.92 Å². The van der Waals surface area contributed by atoms with E-state index < -0.39 is 5.97 Å². The summed E-state index contributed by atoms with van der Waals surface area (Å²) in [5.41, 5.74) is 0.211. The van der Waals surface area contributed by atoms with Gasteiger partial charge in [0, 0.05) is 12.1 Å². The Morgan fingerprint density at radius 1 is 1.38 bits per heavy atom. The summed E-state index contributed by atoms with van der Waals surface area (Å²) in [5, 5.41) is 12.2. The minimum Gasteiger partial charge on any atom is -0.481 e. The van der Waals surface area contributed by atoms with Gasteiger partial charge in [-0.15, -0.1) is 12.4 Å². The van der Waals surface area contributed by atoms with Crippen LogP contribution in [0.25, 0.3) is 0 Å². The first-order valence-corrected chi connectivity index (χ1v) is 4.70.